The molecule has 204 valence electrons. The van der Waals surface area contributed by atoms with Gasteiger partial charge in [-0.3, -0.25) is 10.1 Å². The maximum Gasteiger partial charge on any atom is 0.325 e. The fraction of sp³-hybridized carbons (Fsp3) is 0.500. The summed E-state index contributed by atoms with van der Waals surface area (Å²) in [4.78, 5) is 34.9. The second-order valence-electron chi connectivity index (χ2n) is 9.49. The van der Waals surface area contributed by atoms with Gasteiger partial charge in [0, 0.05) is 30.6 Å². The maximum absolute atomic E-state index is 12.6. The minimum atomic E-state index is -0.544. The van der Waals surface area contributed by atoms with Gasteiger partial charge in [0.05, 0.1) is 35.9 Å². The van der Waals surface area contributed by atoms with Crippen LogP contribution in [0.15, 0.2) is 18.5 Å². The van der Waals surface area contributed by atoms with Crippen molar-refractivity contribution in [3.63, 3.8) is 0 Å². The van der Waals surface area contributed by atoms with E-state index in [1.807, 2.05) is 17.9 Å². The number of anilines is 3. The Morgan fingerprint density at radius 1 is 1.21 bits per heavy atom. The SMILES string of the molecule is CCc1c(NC(C)C2CCN(C(=O)C3CC3)CC2)c(Cl)cc(NC(=O)Nc2cnc(C#N)cn2)c1OC.Cl. The molecule has 12 heteroatoms. The van der Waals surface area contributed by atoms with E-state index < -0.39 is 6.03 Å². The van der Waals surface area contributed by atoms with Gasteiger partial charge in [0.15, 0.2) is 11.5 Å². The highest BCUT2D eigenvalue weighted by molar-refractivity contribution is 6.34. The van der Waals surface area contributed by atoms with Crippen molar-refractivity contribution in [2.75, 3.05) is 36.1 Å². The second-order valence-corrected chi connectivity index (χ2v) is 9.90. The van der Waals surface area contributed by atoms with Crippen molar-refractivity contribution in [3.8, 4) is 11.8 Å². The first kappa shape index (κ1) is 29.3. The lowest BCUT2D eigenvalue weighted by Gasteiger charge is -2.36. The number of hydrogen-bond acceptors (Lipinski definition) is 7. The predicted octanol–water partition coefficient (Wildman–Crippen LogP) is 5.09. The molecule has 1 aliphatic heterocycles. The molecule has 0 bridgehead atoms. The Balaban J connectivity index is 0.00000400. The Hall–Kier alpha value is -3.29. The van der Waals surface area contributed by atoms with Gasteiger partial charge < -0.3 is 20.3 Å². The number of methoxy groups -OCH3 is 1. The fourth-order valence-corrected chi connectivity index (χ4v) is 5.06. The van der Waals surface area contributed by atoms with Gasteiger partial charge in [-0.1, -0.05) is 18.5 Å². The summed E-state index contributed by atoms with van der Waals surface area (Å²) in [6.45, 7) is 5.74. The molecule has 2 aliphatic rings. The first-order chi connectivity index (χ1) is 17.8. The Morgan fingerprint density at radius 3 is 2.47 bits per heavy atom. The van der Waals surface area contributed by atoms with E-state index in [2.05, 4.69) is 32.8 Å². The average Bonchev–Trinajstić information content (AvgIpc) is 3.75. The Kier molecular flexibility index (Phi) is 10.00. The van der Waals surface area contributed by atoms with Crippen LogP contribution >= 0.6 is 24.0 Å². The highest BCUT2D eigenvalue weighted by Crippen LogP contribution is 2.41. The smallest absolute Gasteiger partial charge is 0.325 e. The lowest BCUT2D eigenvalue weighted by atomic mass is 9.89. The van der Waals surface area contributed by atoms with Crippen molar-refractivity contribution in [1.82, 2.24) is 14.9 Å². The number of rotatable bonds is 8. The number of amides is 3. The number of hydrogen-bond donors (Lipinski definition) is 3. The quantitative estimate of drug-likeness (QED) is 0.408. The molecule has 0 spiro atoms. The topological polar surface area (TPSA) is 132 Å². The Labute approximate surface area is 233 Å². The number of benzene rings is 1. The zero-order valence-corrected chi connectivity index (χ0v) is 23.3. The number of urea groups is 1. The van der Waals surface area contributed by atoms with Crippen LogP contribution in [0, 0.1) is 23.2 Å². The summed E-state index contributed by atoms with van der Waals surface area (Å²) >= 11 is 6.71. The van der Waals surface area contributed by atoms with Crippen LogP contribution in [-0.4, -0.2) is 53.0 Å². The van der Waals surface area contributed by atoms with Gasteiger partial charge in [0.25, 0.3) is 0 Å². The van der Waals surface area contributed by atoms with Gasteiger partial charge in [-0.05, 0) is 51.0 Å². The van der Waals surface area contributed by atoms with Crippen LogP contribution in [-0.2, 0) is 11.2 Å². The van der Waals surface area contributed by atoms with Crippen LogP contribution in [0.2, 0.25) is 5.02 Å². The van der Waals surface area contributed by atoms with Crippen LogP contribution in [0.1, 0.15) is 50.8 Å². The number of aromatic nitrogens is 2. The first-order valence-electron chi connectivity index (χ1n) is 12.6. The number of ether oxygens (including phenoxy) is 1. The summed E-state index contributed by atoms with van der Waals surface area (Å²) in [6, 6.07) is 3.14. The number of likely N-dealkylation sites (tertiary alicyclic amines) is 1. The number of carbonyl (C=O) groups is 2. The zero-order valence-electron chi connectivity index (χ0n) is 21.7. The summed E-state index contributed by atoms with van der Waals surface area (Å²) in [6.07, 6.45) is 7.17. The van der Waals surface area contributed by atoms with E-state index >= 15 is 0 Å². The number of nitrogens with zero attached hydrogens (tertiary/aromatic N) is 4. The number of nitriles is 1. The Bertz CT molecular complexity index is 1190. The third kappa shape index (κ3) is 6.77. The largest absolute Gasteiger partial charge is 0.494 e. The van der Waals surface area contributed by atoms with Crippen LogP contribution < -0.4 is 20.7 Å². The Morgan fingerprint density at radius 2 is 1.92 bits per heavy atom. The minimum Gasteiger partial charge on any atom is -0.494 e. The monoisotopic (exact) mass is 561 g/mol. The molecule has 1 aromatic heterocycles. The fourth-order valence-electron chi connectivity index (χ4n) is 4.78. The molecule has 2 aromatic rings. The molecule has 0 radical (unpaired) electrons. The lowest BCUT2D eigenvalue weighted by molar-refractivity contribution is -0.134. The lowest BCUT2D eigenvalue weighted by Crippen LogP contribution is -2.42. The molecule has 3 amide bonds. The van der Waals surface area contributed by atoms with Gasteiger partial charge in [0.1, 0.15) is 11.8 Å². The van der Waals surface area contributed by atoms with Crippen LogP contribution in [0.4, 0.5) is 22.0 Å². The molecule has 1 saturated heterocycles. The summed E-state index contributed by atoms with van der Waals surface area (Å²) < 4.78 is 5.69. The van der Waals surface area contributed by atoms with Gasteiger partial charge in [-0.25, -0.2) is 14.8 Å². The van der Waals surface area contributed by atoms with Crippen LogP contribution in [0.5, 0.6) is 5.75 Å². The van der Waals surface area contributed by atoms with Gasteiger partial charge in [-0.2, -0.15) is 5.26 Å². The molecule has 1 aliphatic carbocycles. The maximum atomic E-state index is 12.6. The molecule has 1 aromatic carbocycles. The van der Waals surface area contributed by atoms with E-state index in [4.69, 9.17) is 21.6 Å². The molecule has 1 saturated carbocycles. The van der Waals surface area contributed by atoms with Gasteiger partial charge in [-0.15, -0.1) is 12.4 Å². The predicted molar refractivity (Wildman–Crippen MR) is 149 cm³/mol. The molecule has 3 N–H and O–H groups in total. The van der Waals surface area contributed by atoms with E-state index in [1.54, 1.807) is 13.2 Å². The van der Waals surface area contributed by atoms with Crippen molar-refractivity contribution >= 4 is 53.1 Å². The van der Waals surface area contributed by atoms with Gasteiger partial charge >= 0.3 is 6.03 Å². The molecular formula is C26H33Cl2N7O3. The highest BCUT2D eigenvalue weighted by Gasteiger charge is 2.35. The molecular weight excluding hydrogens is 529 g/mol. The number of halogens is 2. The molecule has 2 heterocycles. The third-order valence-corrected chi connectivity index (χ3v) is 7.30. The second kappa shape index (κ2) is 13.0. The van der Waals surface area contributed by atoms with Gasteiger partial charge in [0.2, 0.25) is 5.91 Å². The van der Waals surface area contributed by atoms with Crippen molar-refractivity contribution < 1.29 is 14.3 Å². The highest BCUT2D eigenvalue weighted by atomic mass is 35.5. The van der Waals surface area contributed by atoms with Crippen LogP contribution in [0.3, 0.4) is 0 Å². The summed E-state index contributed by atoms with van der Waals surface area (Å²) in [5, 5.41) is 18.3. The molecule has 38 heavy (non-hydrogen) atoms. The number of carbonyl (C=O) groups excluding carboxylic acids is 2. The van der Waals surface area contributed by atoms with Crippen molar-refractivity contribution in [2.24, 2.45) is 11.8 Å². The van der Waals surface area contributed by atoms with E-state index in [0.717, 1.165) is 50.0 Å². The van der Waals surface area contributed by atoms with E-state index in [1.165, 1.54) is 12.4 Å². The molecule has 1 unspecified atom stereocenters. The van der Waals surface area contributed by atoms with E-state index in [9.17, 15) is 9.59 Å². The molecule has 10 nitrogen and oxygen atoms in total. The van der Waals surface area contributed by atoms with E-state index in [-0.39, 0.29) is 35.9 Å². The summed E-state index contributed by atoms with van der Waals surface area (Å²) in [5.74, 6) is 1.71. The van der Waals surface area contributed by atoms with Crippen LogP contribution in [0.25, 0.3) is 0 Å². The normalized spacial score (nSPS) is 16.0. The number of piperidine rings is 1. The number of nitrogens with one attached hydrogen (secondary N) is 3. The molecule has 4 rings (SSSR count). The molecule has 2 fully saturated rings. The minimum absolute atomic E-state index is 0. The van der Waals surface area contributed by atoms with Crippen molar-refractivity contribution in [3.05, 3.63) is 34.7 Å². The van der Waals surface area contributed by atoms with Crippen molar-refractivity contribution in [1.29, 1.82) is 5.26 Å². The zero-order chi connectivity index (χ0) is 26.5. The third-order valence-electron chi connectivity index (χ3n) is 7.00. The average molecular weight is 563 g/mol. The molecule has 1 atom stereocenters. The van der Waals surface area contributed by atoms with Crippen molar-refractivity contribution in [2.45, 2.75) is 52.0 Å². The standard InChI is InChI=1S/C26H32ClN7O3.ClH/c1-4-19-23(31-15(2)16-7-9-34(10-8-16)25(35)17-5-6-17)20(27)11-21(24(19)37-3)32-26(36)33-22-14-29-18(12-28)13-30-22;/h11,13-17,31H,4-10H2,1-3H3,(H2,30,32,33,36);1H. The summed E-state index contributed by atoms with van der Waals surface area (Å²) in [7, 11) is 1.55. The summed E-state index contributed by atoms with van der Waals surface area (Å²) in [5.41, 5.74) is 2.22. The van der Waals surface area contributed by atoms with E-state index in [0.29, 0.717) is 34.7 Å². The first-order valence-corrected chi connectivity index (χ1v) is 13.0.